The van der Waals surface area contributed by atoms with Gasteiger partial charge in [-0.2, -0.15) is 9.37 Å². The number of imide groups is 1. The van der Waals surface area contributed by atoms with Crippen molar-refractivity contribution in [2.24, 2.45) is 5.92 Å². The number of fused-ring (bicyclic) bond motifs is 1. The van der Waals surface area contributed by atoms with Gasteiger partial charge in [-0.05, 0) is 30.3 Å². The quantitative estimate of drug-likeness (QED) is 0.522. The van der Waals surface area contributed by atoms with Crippen LogP contribution >= 0.6 is 11.6 Å². The van der Waals surface area contributed by atoms with Gasteiger partial charge >= 0.3 is 11.9 Å². The van der Waals surface area contributed by atoms with Crippen LogP contribution in [0, 0.1) is 23.6 Å². The van der Waals surface area contributed by atoms with E-state index in [4.69, 9.17) is 16.3 Å². The van der Waals surface area contributed by atoms with Crippen LogP contribution in [0.5, 0.6) is 0 Å². The lowest BCUT2D eigenvalue weighted by Gasteiger charge is -2.33. The molecule has 1 aromatic carbocycles. The normalized spacial score (nSPS) is 20.1. The van der Waals surface area contributed by atoms with Crippen molar-refractivity contribution in [3.63, 3.8) is 0 Å². The molecule has 1 saturated heterocycles. The van der Waals surface area contributed by atoms with E-state index < -0.39 is 23.7 Å². The van der Waals surface area contributed by atoms with Crippen molar-refractivity contribution in [3.05, 3.63) is 82.9 Å². The number of urea groups is 1. The largest absolute Gasteiger partial charge is 0.506 e. The predicted octanol–water partition coefficient (Wildman–Crippen LogP) is 3.34. The van der Waals surface area contributed by atoms with Crippen LogP contribution in [0.3, 0.4) is 0 Å². The van der Waals surface area contributed by atoms with Gasteiger partial charge < -0.3 is 4.74 Å². The van der Waals surface area contributed by atoms with E-state index in [9.17, 15) is 9.59 Å². The van der Waals surface area contributed by atoms with Crippen molar-refractivity contribution in [1.82, 2.24) is 4.98 Å². The molecule has 1 fully saturated rings. The molecule has 3 heterocycles. The monoisotopic (exact) mass is 448 g/mol. The summed E-state index contributed by atoms with van der Waals surface area (Å²) in [6.45, 7) is 0.696. The molecule has 1 unspecified atom stereocenters. The Kier molecular flexibility index (Phi) is 5.17. The first-order valence-electron chi connectivity index (χ1n) is 9.92. The highest BCUT2D eigenvalue weighted by molar-refractivity contribution is 6.36. The molecule has 0 spiro atoms. The van der Waals surface area contributed by atoms with Gasteiger partial charge in [0, 0.05) is 23.5 Å². The Morgan fingerprint density at radius 2 is 2.00 bits per heavy atom. The molecule has 3 amide bonds. The summed E-state index contributed by atoms with van der Waals surface area (Å²) in [4.78, 5) is 31.4. The van der Waals surface area contributed by atoms with Crippen LogP contribution in [0.4, 0.5) is 14.9 Å². The molecule has 32 heavy (non-hydrogen) atoms. The van der Waals surface area contributed by atoms with Crippen molar-refractivity contribution in [2.75, 3.05) is 18.1 Å². The molecule has 1 atom stereocenters. The molecular weight excluding hydrogens is 433 g/mol. The molecule has 0 radical (unpaired) electrons. The van der Waals surface area contributed by atoms with Crippen molar-refractivity contribution in [1.29, 1.82) is 0 Å². The standard InChI is InChI=1S/C24H16ClFN3O3/c25-19-10-16(8-7-15-4-3-9-27-12-15)11-20(26)22(19)29-23(30)18-5-1-2-6-21(18)28(24(29)31)17-13-32-14-17/h1-6,9-12,17-18H,13-14H2/q+1. The topological polar surface area (TPSA) is 62.5 Å². The van der Waals surface area contributed by atoms with E-state index >= 15 is 4.39 Å². The van der Waals surface area contributed by atoms with Gasteiger partial charge in [-0.1, -0.05) is 41.7 Å². The summed E-state index contributed by atoms with van der Waals surface area (Å²) in [5.41, 5.74) is 1.26. The second-order valence-corrected chi connectivity index (χ2v) is 7.85. The summed E-state index contributed by atoms with van der Waals surface area (Å²) in [7, 11) is 0. The first-order valence-corrected chi connectivity index (χ1v) is 10.3. The summed E-state index contributed by atoms with van der Waals surface area (Å²) in [6.07, 6.45) is 10.1. The molecule has 1 aromatic heterocycles. The Balaban J connectivity index is 1.56. The lowest BCUT2D eigenvalue weighted by molar-refractivity contribution is -0.507. The smallest absolute Gasteiger partial charge is 0.372 e. The molecular formula is C24H16ClFN3O3+. The molecule has 3 aliphatic rings. The lowest BCUT2D eigenvalue weighted by atomic mass is 9.93. The molecule has 5 rings (SSSR count). The fourth-order valence-electron chi connectivity index (χ4n) is 3.80. The van der Waals surface area contributed by atoms with Crippen LogP contribution in [0.25, 0.3) is 0 Å². The van der Waals surface area contributed by atoms with E-state index in [0.717, 1.165) is 11.0 Å². The number of allylic oxidation sites excluding steroid dienone is 3. The summed E-state index contributed by atoms with van der Waals surface area (Å²) in [5.74, 6) is 3.64. The zero-order chi connectivity index (χ0) is 22.2. The number of aromatic nitrogens is 1. The Hall–Kier alpha value is -3.60. The maximum absolute atomic E-state index is 15.2. The van der Waals surface area contributed by atoms with E-state index in [1.165, 1.54) is 10.6 Å². The first kappa shape index (κ1) is 20.3. The third-order valence-electron chi connectivity index (χ3n) is 5.40. The second kappa shape index (κ2) is 8.15. The predicted molar refractivity (Wildman–Crippen MR) is 116 cm³/mol. The highest BCUT2D eigenvalue weighted by atomic mass is 35.5. The van der Waals surface area contributed by atoms with Crippen molar-refractivity contribution in [3.8, 4) is 11.8 Å². The van der Waals surface area contributed by atoms with Crippen LogP contribution in [0.1, 0.15) is 11.1 Å². The average molecular weight is 449 g/mol. The molecule has 8 heteroatoms. The number of anilines is 1. The highest BCUT2D eigenvalue weighted by Gasteiger charge is 2.52. The number of rotatable bonds is 2. The summed E-state index contributed by atoms with van der Waals surface area (Å²) in [5, 5.41) is -0.0780. The number of carbonyl (C=O) groups is 2. The van der Waals surface area contributed by atoms with Gasteiger partial charge in [-0.15, -0.1) is 4.90 Å². The number of hydrogen-bond acceptors (Lipinski definition) is 4. The van der Waals surface area contributed by atoms with Crippen molar-refractivity contribution in [2.45, 2.75) is 6.04 Å². The Morgan fingerprint density at radius 3 is 2.69 bits per heavy atom. The molecule has 0 bridgehead atoms. The maximum Gasteiger partial charge on any atom is 0.506 e. The molecule has 6 nitrogen and oxygen atoms in total. The van der Waals surface area contributed by atoms with E-state index in [1.54, 1.807) is 48.8 Å². The van der Waals surface area contributed by atoms with Crippen LogP contribution in [-0.4, -0.2) is 46.5 Å². The van der Waals surface area contributed by atoms with E-state index in [-0.39, 0.29) is 16.8 Å². The van der Waals surface area contributed by atoms with Gasteiger partial charge in [0.05, 0.1) is 18.2 Å². The van der Waals surface area contributed by atoms with Crippen molar-refractivity contribution < 1.29 is 23.3 Å². The minimum Gasteiger partial charge on any atom is -0.372 e. The Bertz CT molecular complexity index is 1260. The van der Waals surface area contributed by atoms with Crippen molar-refractivity contribution >= 4 is 34.9 Å². The zero-order valence-corrected chi connectivity index (χ0v) is 17.4. The molecule has 2 aromatic rings. The lowest BCUT2D eigenvalue weighted by Crippen LogP contribution is -2.61. The third-order valence-corrected chi connectivity index (χ3v) is 5.69. The number of halogens is 2. The van der Waals surface area contributed by atoms with E-state index in [1.807, 2.05) is 0 Å². The molecule has 0 saturated carbocycles. The van der Waals surface area contributed by atoms with Crippen LogP contribution < -0.4 is 4.90 Å². The van der Waals surface area contributed by atoms with Crippen LogP contribution in [-0.2, 0) is 9.53 Å². The summed E-state index contributed by atoms with van der Waals surface area (Å²) >= 11 is 6.38. The second-order valence-electron chi connectivity index (χ2n) is 7.44. The number of amides is 3. The van der Waals surface area contributed by atoms with Crippen LogP contribution in [0.2, 0.25) is 5.02 Å². The summed E-state index contributed by atoms with van der Waals surface area (Å²) in [6, 6.07) is 5.25. The highest BCUT2D eigenvalue weighted by Crippen LogP contribution is 2.35. The number of carbonyl (C=O) groups excluding carboxylic acids is 2. The number of pyridine rings is 1. The number of ether oxygens (including phenoxy) is 1. The molecule has 158 valence electrons. The van der Waals surface area contributed by atoms with Gasteiger partial charge in [0.15, 0.2) is 17.5 Å². The molecule has 0 N–H and O–H groups in total. The fraction of sp³-hybridized carbons (Fsp3) is 0.167. The molecule has 2 aliphatic heterocycles. The van der Waals surface area contributed by atoms with Gasteiger partial charge in [0.2, 0.25) is 0 Å². The number of nitrogens with zero attached hydrogens (tertiary/aromatic N) is 3. The summed E-state index contributed by atoms with van der Waals surface area (Å²) < 4.78 is 22.0. The number of hydrogen-bond donors (Lipinski definition) is 0. The Labute approximate surface area is 188 Å². The van der Waals surface area contributed by atoms with Crippen LogP contribution in [0.15, 0.2) is 61.0 Å². The van der Waals surface area contributed by atoms with E-state index in [2.05, 4.69) is 16.8 Å². The van der Waals surface area contributed by atoms with E-state index in [0.29, 0.717) is 30.1 Å². The third kappa shape index (κ3) is 3.44. The van der Waals surface area contributed by atoms with Gasteiger partial charge in [0.1, 0.15) is 11.6 Å². The fourth-order valence-corrected chi connectivity index (χ4v) is 4.09. The first-order chi connectivity index (χ1) is 15.5. The minimum atomic E-state index is -0.807. The number of benzene rings is 1. The van der Waals surface area contributed by atoms with Gasteiger partial charge in [-0.25, -0.2) is 9.18 Å². The average Bonchev–Trinajstić information content (AvgIpc) is 2.76. The SMILES string of the molecule is O=C1C2C=CC=CC2=[N+](C2COC2)C(=O)N1c1c(F)cc(C#Cc2cccnc2)cc1Cl. The Morgan fingerprint density at radius 1 is 1.19 bits per heavy atom. The minimum absolute atomic E-state index is 0.0780. The molecule has 1 aliphatic carbocycles. The zero-order valence-electron chi connectivity index (χ0n) is 16.7. The van der Waals surface area contributed by atoms with Gasteiger partial charge in [0.25, 0.3) is 0 Å². The van der Waals surface area contributed by atoms with Gasteiger partial charge in [-0.3, -0.25) is 4.98 Å². The maximum atomic E-state index is 15.2.